The van der Waals surface area contributed by atoms with Gasteiger partial charge in [0.15, 0.2) is 0 Å². The third kappa shape index (κ3) is 4.95. The summed E-state index contributed by atoms with van der Waals surface area (Å²) in [6, 6.07) is 3.22. The second-order valence-electron chi connectivity index (χ2n) is 7.41. The number of aromatic hydroxyl groups is 1. The number of hydrogen-bond acceptors (Lipinski definition) is 8. The topological polar surface area (TPSA) is 103 Å². The molecule has 1 aliphatic rings. The van der Waals surface area contributed by atoms with E-state index < -0.39 is 5.63 Å². The lowest BCUT2D eigenvalue weighted by atomic mass is 9.98. The second-order valence-corrected chi connectivity index (χ2v) is 7.41. The Morgan fingerprint density at radius 3 is 2.55 bits per heavy atom. The third-order valence-electron chi connectivity index (χ3n) is 5.48. The van der Waals surface area contributed by atoms with E-state index in [2.05, 4.69) is 9.80 Å². The first-order valence-corrected chi connectivity index (χ1v) is 9.83. The standard InChI is InChI=1S/C21H28N2O6/c1-14-11-19(26)29-21-16(14)12-15(3-4-18(25)28-2)20(27)17(21)13-23-7-5-22(6-8-23)9-10-24/h11-12,24,27H,3-10,13H2,1-2H3. The molecule has 158 valence electrons. The minimum atomic E-state index is -0.453. The van der Waals surface area contributed by atoms with Gasteiger partial charge in [0.2, 0.25) is 0 Å². The molecule has 0 amide bonds. The van der Waals surface area contributed by atoms with Gasteiger partial charge in [-0.15, -0.1) is 0 Å². The summed E-state index contributed by atoms with van der Waals surface area (Å²) < 4.78 is 10.2. The zero-order valence-corrected chi connectivity index (χ0v) is 16.9. The number of phenols is 1. The van der Waals surface area contributed by atoms with Gasteiger partial charge in [0, 0.05) is 57.1 Å². The summed E-state index contributed by atoms with van der Waals surface area (Å²) in [5.74, 6) is -0.282. The fourth-order valence-electron chi connectivity index (χ4n) is 3.78. The van der Waals surface area contributed by atoms with E-state index >= 15 is 0 Å². The van der Waals surface area contributed by atoms with E-state index in [9.17, 15) is 14.7 Å². The highest BCUT2D eigenvalue weighted by Crippen LogP contribution is 2.34. The number of carbonyl (C=O) groups is 1. The Kier molecular flexibility index (Phi) is 6.89. The van der Waals surface area contributed by atoms with Crippen molar-refractivity contribution in [3.8, 4) is 5.75 Å². The SMILES string of the molecule is COC(=O)CCc1cc2c(C)cc(=O)oc2c(CN2CCN(CCO)CC2)c1O. The van der Waals surface area contributed by atoms with Crippen molar-refractivity contribution in [2.45, 2.75) is 26.3 Å². The van der Waals surface area contributed by atoms with Gasteiger partial charge in [-0.2, -0.15) is 0 Å². The van der Waals surface area contributed by atoms with E-state index in [0.717, 1.165) is 37.1 Å². The van der Waals surface area contributed by atoms with Crippen LogP contribution in [0.5, 0.6) is 5.75 Å². The highest BCUT2D eigenvalue weighted by molar-refractivity contribution is 5.86. The summed E-state index contributed by atoms with van der Waals surface area (Å²) in [4.78, 5) is 27.9. The van der Waals surface area contributed by atoms with Gasteiger partial charge in [-0.05, 0) is 30.5 Å². The normalized spacial score (nSPS) is 15.7. The van der Waals surface area contributed by atoms with Gasteiger partial charge in [0.1, 0.15) is 11.3 Å². The van der Waals surface area contributed by atoms with Crippen LogP contribution in [0.2, 0.25) is 0 Å². The Labute approximate surface area is 169 Å². The summed E-state index contributed by atoms with van der Waals surface area (Å²) in [7, 11) is 1.34. The molecule has 0 radical (unpaired) electrons. The largest absolute Gasteiger partial charge is 0.507 e. The van der Waals surface area contributed by atoms with Crippen LogP contribution in [0.1, 0.15) is 23.1 Å². The van der Waals surface area contributed by atoms with Crippen LogP contribution in [0.25, 0.3) is 11.0 Å². The lowest BCUT2D eigenvalue weighted by molar-refractivity contribution is -0.140. The Hall–Kier alpha value is -2.42. The van der Waals surface area contributed by atoms with E-state index in [-0.39, 0.29) is 24.7 Å². The van der Waals surface area contributed by atoms with Crippen LogP contribution in [-0.2, 0) is 22.5 Å². The maximum atomic E-state index is 12.0. The predicted octanol–water partition coefficient (Wildman–Crippen LogP) is 1.02. The van der Waals surface area contributed by atoms with Crippen molar-refractivity contribution in [2.75, 3.05) is 46.4 Å². The zero-order chi connectivity index (χ0) is 21.0. The van der Waals surface area contributed by atoms with E-state index in [1.165, 1.54) is 13.2 Å². The van der Waals surface area contributed by atoms with Gasteiger partial charge in [0.05, 0.1) is 19.3 Å². The number of esters is 1. The van der Waals surface area contributed by atoms with Crippen LogP contribution in [0.3, 0.4) is 0 Å². The third-order valence-corrected chi connectivity index (χ3v) is 5.48. The summed E-state index contributed by atoms with van der Waals surface area (Å²) >= 11 is 0. The van der Waals surface area contributed by atoms with Crippen LogP contribution in [0.15, 0.2) is 21.3 Å². The molecule has 0 saturated carbocycles. The summed E-state index contributed by atoms with van der Waals surface area (Å²) in [6.07, 6.45) is 0.495. The van der Waals surface area contributed by atoms with Gasteiger partial charge < -0.3 is 19.4 Å². The zero-order valence-electron chi connectivity index (χ0n) is 16.9. The fourth-order valence-corrected chi connectivity index (χ4v) is 3.78. The van der Waals surface area contributed by atoms with Crippen LogP contribution in [0.4, 0.5) is 0 Å². The maximum absolute atomic E-state index is 12.0. The number of ether oxygens (including phenoxy) is 1. The average Bonchev–Trinajstić information content (AvgIpc) is 2.70. The lowest BCUT2D eigenvalue weighted by Crippen LogP contribution is -2.46. The molecule has 2 aromatic rings. The maximum Gasteiger partial charge on any atom is 0.336 e. The number of hydrogen-bond donors (Lipinski definition) is 2. The van der Waals surface area contributed by atoms with Gasteiger partial charge in [-0.25, -0.2) is 4.79 Å². The number of rotatable bonds is 7. The quantitative estimate of drug-likeness (QED) is 0.521. The van der Waals surface area contributed by atoms with Crippen molar-refractivity contribution >= 4 is 16.9 Å². The van der Waals surface area contributed by atoms with E-state index in [0.29, 0.717) is 36.2 Å². The van der Waals surface area contributed by atoms with E-state index in [1.54, 1.807) is 6.07 Å². The molecule has 0 spiro atoms. The van der Waals surface area contributed by atoms with Crippen molar-refractivity contribution in [1.29, 1.82) is 0 Å². The number of phenolic OH excluding ortho intramolecular Hbond substituents is 1. The summed E-state index contributed by atoms with van der Waals surface area (Å²) in [6.45, 7) is 6.27. The van der Waals surface area contributed by atoms with Crippen LogP contribution in [-0.4, -0.2) is 72.4 Å². The first-order valence-electron chi connectivity index (χ1n) is 9.83. The van der Waals surface area contributed by atoms with Crippen molar-refractivity contribution < 1.29 is 24.2 Å². The van der Waals surface area contributed by atoms with Crippen LogP contribution in [0, 0.1) is 6.92 Å². The molecule has 0 bridgehead atoms. The molecule has 0 atom stereocenters. The molecule has 0 aliphatic carbocycles. The molecule has 3 rings (SSSR count). The second kappa shape index (κ2) is 9.39. The highest BCUT2D eigenvalue weighted by atomic mass is 16.5. The number of β-amino-alcohol motifs (C(OH)–C–C–N with tert-alkyl or cyclic N) is 1. The molecule has 1 aliphatic heterocycles. The molecule has 8 nitrogen and oxygen atoms in total. The number of carbonyl (C=O) groups excluding carboxylic acids is 1. The fraction of sp³-hybridized carbons (Fsp3) is 0.524. The van der Waals surface area contributed by atoms with E-state index in [1.807, 2.05) is 6.92 Å². The molecule has 2 heterocycles. The van der Waals surface area contributed by atoms with Crippen LogP contribution < -0.4 is 5.63 Å². The number of aliphatic hydroxyl groups is 1. The molecule has 1 saturated heterocycles. The average molecular weight is 404 g/mol. The minimum Gasteiger partial charge on any atom is -0.507 e. The molecule has 1 aromatic heterocycles. The highest BCUT2D eigenvalue weighted by Gasteiger charge is 2.22. The van der Waals surface area contributed by atoms with E-state index in [4.69, 9.17) is 14.3 Å². The molecule has 1 aromatic carbocycles. The molecular weight excluding hydrogens is 376 g/mol. The van der Waals surface area contributed by atoms with Gasteiger partial charge in [-0.1, -0.05) is 0 Å². The smallest absolute Gasteiger partial charge is 0.336 e. The Balaban J connectivity index is 1.94. The number of aliphatic hydroxyl groups excluding tert-OH is 1. The Morgan fingerprint density at radius 2 is 1.90 bits per heavy atom. The van der Waals surface area contributed by atoms with Crippen molar-refractivity contribution in [3.05, 3.63) is 39.2 Å². The molecule has 8 heteroatoms. The Morgan fingerprint density at radius 1 is 1.21 bits per heavy atom. The van der Waals surface area contributed by atoms with Gasteiger partial charge >= 0.3 is 11.6 Å². The number of fused-ring (bicyclic) bond motifs is 1. The molecule has 2 N–H and O–H groups in total. The number of methoxy groups -OCH3 is 1. The first kappa shape index (κ1) is 21.3. The molecule has 29 heavy (non-hydrogen) atoms. The number of benzene rings is 1. The minimum absolute atomic E-state index is 0.0629. The number of nitrogens with zero attached hydrogens (tertiary/aromatic N) is 2. The molecule has 1 fully saturated rings. The lowest BCUT2D eigenvalue weighted by Gasteiger charge is -2.34. The number of piperazine rings is 1. The first-order chi connectivity index (χ1) is 13.9. The van der Waals surface area contributed by atoms with Crippen molar-refractivity contribution in [3.63, 3.8) is 0 Å². The monoisotopic (exact) mass is 404 g/mol. The Bertz CT molecular complexity index is 931. The van der Waals surface area contributed by atoms with Crippen molar-refractivity contribution in [1.82, 2.24) is 9.80 Å². The van der Waals surface area contributed by atoms with Crippen LogP contribution >= 0.6 is 0 Å². The van der Waals surface area contributed by atoms with Gasteiger partial charge in [-0.3, -0.25) is 14.6 Å². The van der Waals surface area contributed by atoms with Crippen molar-refractivity contribution in [2.24, 2.45) is 0 Å². The summed E-state index contributed by atoms with van der Waals surface area (Å²) in [5, 5.41) is 20.8. The summed E-state index contributed by atoms with van der Waals surface area (Å²) in [5.41, 5.74) is 1.91. The van der Waals surface area contributed by atoms with Gasteiger partial charge in [0.25, 0.3) is 0 Å². The molecular formula is C21H28N2O6. The number of aryl methyl sites for hydroxylation is 2. The molecule has 0 unspecified atom stereocenters. The predicted molar refractivity (Wildman–Crippen MR) is 108 cm³/mol.